The lowest BCUT2D eigenvalue weighted by molar-refractivity contribution is -0.907. The van der Waals surface area contributed by atoms with Crippen LogP contribution in [0.15, 0.2) is 59.5 Å². The van der Waals surface area contributed by atoms with Crippen LogP contribution in [0.4, 0.5) is 5.69 Å². The summed E-state index contributed by atoms with van der Waals surface area (Å²) >= 11 is 0. The highest BCUT2D eigenvalue weighted by molar-refractivity contribution is 7.89. The number of likely N-dealkylation sites (N-methyl/N-ethyl adjacent to an activating group) is 1. The van der Waals surface area contributed by atoms with Crippen LogP contribution in [0, 0.1) is 0 Å². The average molecular weight is 348 g/mol. The van der Waals surface area contributed by atoms with Crippen LogP contribution in [0.2, 0.25) is 0 Å². The van der Waals surface area contributed by atoms with Crippen molar-refractivity contribution in [2.75, 3.05) is 12.4 Å². The van der Waals surface area contributed by atoms with Crippen molar-refractivity contribution in [3.8, 4) is 0 Å². The number of rotatable bonds is 6. The predicted molar refractivity (Wildman–Crippen MR) is 92.9 cm³/mol. The average Bonchev–Trinajstić information content (AvgIpc) is 2.54. The molecule has 2 aromatic rings. The minimum Gasteiger partial charge on any atom is -0.324 e. The van der Waals surface area contributed by atoms with Crippen molar-refractivity contribution in [1.29, 1.82) is 0 Å². The fourth-order valence-electron chi connectivity index (χ4n) is 2.30. The zero-order chi connectivity index (χ0) is 17.7. The number of quaternary nitrogens is 1. The molecule has 24 heavy (non-hydrogen) atoms. The van der Waals surface area contributed by atoms with Gasteiger partial charge < -0.3 is 10.2 Å². The summed E-state index contributed by atoms with van der Waals surface area (Å²) in [6.45, 7) is 2.55. The minimum atomic E-state index is -3.79. The van der Waals surface area contributed by atoms with Gasteiger partial charge in [-0.1, -0.05) is 36.4 Å². The van der Waals surface area contributed by atoms with Crippen LogP contribution in [-0.4, -0.2) is 27.4 Å². The second-order valence-electron chi connectivity index (χ2n) is 5.79. The minimum absolute atomic E-state index is 0.0297. The third-order valence-electron chi connectivity index (χ3n) is 3.89. The molecule has 0 aromatic heterocycles. The van der Waals surface area contributed by atoms with E-state index < -0.39 is 10.0 Å². The van der Waals surface area contributed by atoms with Crippen molar-refractivity contribution < 1.29 is 18.1 Å². The Balaban J connectivity index is 2.03. The molecule has 0 aliphatic rings. The van der Waals surface area contributed by atoms with Gasteiger partial charge in [0.15, 0.2) is 6.04 Å². The van der Waals surface area contributed by atoms with E-state index in [4.69, 9.17) is 5.14 Å². The first-order valence-corrected chi connectivity index (χ1v) is 9.12. The molecule has 4 N–H and O–H groups in total. The summed E-state index contributed by atoms with van der Waals surface area (Å²) in [5.74, 6) is -0.185. The Morgan fingerprint density at radius 3 is 2.46 bits per heavy atom. The number of hydrogen-bond acceptors (Lipinski definition) is 3. The van der Waals surface area contributed by atoms with Crippen molar-refractivity contribution in [2.45, 2.75) is 24.4 Å². The molecule has 1 unspecified atom stereocenters. The molecular weight excluding hydrogens is 326 g/mol. The first-order valence-electron chi connectivity index (χ1n) is 7.57. The number of carbonyl (C=O) groups excluding carboxylic acids is 1. The highest BCUT2D eigenvalue weighted by Crippen LogP contribution is 2.14. The zero-order valence-corrected chi connectivity index (χ0v) is 14.5. The van der Waals surface area contributed by atoms with Gasteiger partial charge in [-0.2, -0.15) is 0 Å². The van der Waals surface area contributed by atoms with E-state index in [1.54, 1.807) is 12.1 Å². The normalized spacial score (nSPS) is 14.0. The predicted octanol–water partition coefficient (Wildman–Crippen LogP) is 0.376. The fraction of sp³-hybridized carbons (Fsp3) is 0.235. The summed E-state index contributed by atoms with van der Waals surface area (Å²) in [5.41, 5.74) is 1.55. The summed E-state index contributed by atoms with van der Waals surface area (Å²) in [6, 6.07) is 15.5. The molecule has 128 valence electrons. The van der Waals surface area contributed by atoms with Crippen LogP contribution >= 0.6 is 0 Å². The molecule has 0 spiro atoms. The Hall–Kier alpha value is -2.22. The fourth-order valence-corrected chi connectivity index (χ4v) is 2.86. The summed E-state index contributed by atoms with van der Waals surface area (Å²) in [7, 11) is -1.85. The Morgan fingerprint density at radius 1 is 1.17 bits per heavy atom. The van der Waals surface area contributed by atoms with Gasteiger partial charge in [0.05, 0.1) is 11.9 Å². The van der Waals surface area contributed by atoms with Gasteiger partial charge in [-0.3, -0.25) is 4.79 Å². The first kappa shape index (κ1) is 18.1. The molecule has 6 nitrogen and oxygen atoms in total. The maximum Gasteiger partial charge on any atom is 0.282 e. The maximum absolute atomic E-state index is 12.4. The summed E-state index contributed by atoms with van der Waals surface area (Å²) < 4.78 is 22.8. The van der Waals surface area contributed by atoms with Gasteiger partial charge in [0.25, 0.3) is 5.91 Å². The molecule has 0 radical (unpaired) electrons. The molecule has 2 aromatic carbocycles. The molecule has 0 saturated heterocycles. The molecule has 7 heteroatoms. The standard InChI is InChI=1S/C17H21N3O3S/c1-13(20(2)12-14-7-4-3-5-8-14)17(21)19-15-9-6-10-16(11-15)24(18,22)23/h3-11,13H,12H2,1-2H3,(H,19,21)(H2,18,22,23)/p+1/t13-/m1/s1. The van der Waals surface area contributed by atoms with Gasteiger partial charge in [-0.25, -0.2) is 13.6 Å². The van der Waals surface area contributed by atoms with Crippen LogP contribution in [0.3, 0.4) is 0 Å². The van der Waals surface area contributed by atoms with Crippen LogP contribution in [0.25, 0.3) is 0 Å². The Morgan fingerprint density at radius 2 is 1.83 bits per heavy atom. The largest absolute Gasteiger partial charge is 0.324 e. The number of amides is 1. The van der Waals surface area contributed by atoms with Crippen molar-refractivity contribution >= 4 is 21.6 Å². The number of carbonyl (C=O) groups is 1. The Kier molecular flexibility index (Phi) is 5.71. The number of primary sulfonamides is 1. The second-order valence-corrected chi connectivity index (χ2v) is 7.35. The van der Waals surface area contributed by atoms with E-state index in [9.17, 15) is 13.2 Å². The third-order valence-corrected chi connectivity index (χ3v) is 4.80. The number of anilines is 1. The summed E-state index contributed by atoms with van der Waals surface area (Å²) in [4.78, 5) is 13.4. The van der Waals surface area contributed by atoms with Crippen LogP contribution in [-0.2, 0) is 21.4 Å². The van der Waals surface area contributed by atoms with Gasteiger partial charge >= 0.3 is 0 Å². The SMILES string of the molecule is C[C@H](C(=O)Nc1cccc(S(N)(=O)=O)c1)[NH+](C)Cc1ccccc1. The highest BCUT2D eigenvalue weighted by atomic mass is 32.2. The van der Waals surface area contributed by atoms with E-state index in [2.05, 4.69) is 5.32 Å². The number of benzene rings is 2. The van der Waals surface area contributed by atoms with Gasteiger partial charge in [-0.15, -0.1) is 0 Å². The molecular formula is C17H22N3O3S+. The maximum atomic E-state index is 12.4. The van der Waals surface area contributed by atoms with E-state index >= 15 is 0 Å². The molecule has 0 aliphatic heterocycles. The Labute approximate surface area is 142 Å². The molecule has 0 bridgehead atoms. The Bertz CT molecular complexity index is 807. The molecule has 0 heterocycles. The van der Waals surface area contributed by atoms with Gasteiger partial charge in [0.1, 0.15) is 6.54 Å². The smallest absolute Gasteiger partial charge is 0.282 e. The van der Waals surface area contributed by atoms with Crippen LogP contribution < -0.4 is 15.4 Å². The van der Waals surface area contributed by atoms with E-state index in [0.717, 1.165) is 10.5 Å². The van der Waals surface area contributed by atoms with E-state index in [1.165, 1.54) is 12.1 Å². The second kappa shape index (κ2) is 7.57. The van der Waals surface area contributed by atoms with Crippen molar-refractivity contribution in [3.05, 3.63) is 60.2 Å². The first-order chi connectivity index (χ1) is 11.3. The summed E-state index contributed by atoms with van der Waals surface area (Å²) in [6.07, 6.45) is 0. The van der Waals surface area contributed by atoms with Crippen LogP contribution in [0.5, 0.6) is 0 Å². The highest BCUT2D eigenvalue weighted by Gasteiger charge is 2.22. The molecule has 0 aliphatic carbocycles. The van der Waals surface area contributed by atoms with Crippen molar-refractivity contribution in [1.82, 2.24) is 0 Å². The van der Waals surface area contributed by atoms with E-state index in [-0.39, 0.29) is 16.8 Å². The molecule has 2 rings (SSSR count). The van der Waals surface area contributed by atoms with Crippen LogP contribution in [0.1, 0.15) is 12.5 Å². The molecule has 0 fully saturated rings. The monoisotopic (exact) mass is 348 g/mol. The third kappa shape index (κ3) is 4.89. The number of sulfonamides is 1. The van der Waals surface area contributed by atoms with Gasteiger partial charge in [0, 0.05) is 11.3 Å². The van der Waals surface area contributed by atoms with E-state index in [0.29, 0.717) is 12.2 Å². The van der Waals surface area contributed by atoms with E-state index in [1.807, 2.05) is 44.3 Å². The molecule has 1 amide bonds. The van der Waals surface area contributed by atoms with Crippen molar-refractivity contribution in [2.24, 2.45) is 5.14 Å². The quantitative estimate of drug-likeness (QED) is 0.704. The topological polar surface area (TPSA) is 93.7 Å². The number of nitrogens with two attached hydrogens (primary N) is 1. The summed E-state index contributed by atoms with van der Waals surface area (Å²) in [5, 5.41) is 7.85. The zero-order valence-electron chi connectivity index (χ0n) is 13.7. The lowest BCUT2D eigenvalue weighted by Crippen LogP contribution is -3.12. The molecule has 0 saturated carbocycles. The number of nitrogens with one attached hydrogen (secondary N) is 2. The lowest BCUT2D eigenvalue weighted by atomic mass is 10.2. The lowest BCUT2D eigenvalue weighted by Gasteiger charge is -2.21. The van der Waals surface area contributed by atoms with Gasteiger partial charge in [-0.05, 0) is 25.1 Å². The van der Waals surface area contributed by atoms with Crippen molar-refractivity contribution in [3.63, 3.8) is 0 Å². The molecule has 2 atom stereocenters. The number of hydrogen-bond donors (Lipinski definition) is 3. The van der Waals surface area contributed by atoms with Gasteiger partial charge in [0.2, 0.25) is 10.0 Å².